The molecule has 0 bridgehead atoms. The second-order valence-electron chi connectivity index (χ2n) is 5.65. The first-order valence-electron chi connectivity index (χ1n) is 7.04. The number of carboxylic acids is 1. The lowest BCUT2D eigenvalue weighted by Gasteiger charge is -2.28. The van der Waals surface area contributed by atoms with Crippen LogP contribution in [0.5, 0.6) is 5.75 Å². The van der Waals surface area contributed by atoms with E-state index in [2.05, 4.69) is 5.32 Å². The Bertz CT molecular complexity index is 445. The average molecular weight is 279 g/mol. The van der Waals surface area contributed by atoms with E-state index < -0.39 is 11.5 Å². The fraction of sp³-hybridized carbons (Fsp3) is 0.562. The molecule has 20 heavy (non-hydrogen) atoms. The lowest BCUT2D eigenvalue weighted by Crippen LogP contribution is -2.52. The quantitative estimate of drug-likeness (QED) is 0.718. The van der Waals surface area contributed by atoms with Gasteiger partial charge in [-0.25, -0.2) is 0 Å². The molecule has 1 aromatic carbocycles. The second kappa shape index (κ2) is 7.29. The van der Waals surface area contributed by atoms with Gasteiger partial charge in [-0.1, -0.05) is 18.2 Å². The normalized spacial score (nSPS) is 14.1. The van der Waals surface area contributed by atoms with Gasteiger partial charge in [0.2, 0.25) is 0 Å². The molecule has 112 valence electrons. The highest BCUT2D eigenvalue weighted by molar-refractivity contribution is 5.78. The van der Waals surface area contributed by atoms with Gasteiger partial charge in [0.15, 0.2) is 0 Å². The Kier molecular flexibility index (Phi) is 6.02. The molecule has 0 heterocycles. The Hall–Kier alpha value is -1.55. The van der Waals surface area contributed by atoms with Crippen LogP contribution in [0.15, 0.2) is 24.3 Å². The molecule has 0 radical (unpaired) electrons. The third-order valence-electron chi connectivity index (χ3n) is 3.25. The van der Waals surface area contributed by atoms with Crippen LogP contribution in [0.3, 0.4) is 0 Å². The second-order valence-corrected chi connectivity index (χ2v) is 5.65. The van der Waals surface area contributed by atoms with Gasteiger partial charge in [-0.15, -0.1) is 0 Å². The van der Waals surface area contributed by atoms with Crippen LogP contribution in [-0.2, 0) is 4.79 Å². The lowest BCUT2D eigenvalue weighted by molar-refractivity contribution is -0.144. The van der Waals surface area contributed by atoms with Gasteiger partial charge in [0.1, 0.15) is 11.3 Å². The van der Waals surface area contributed by atoms with E-state index >= 15 is 0 Å². The van der Waals surface area contributed by atoms with Crippen molar-refractivity contribution in [2.45, 2.75) is 52.1 Å². The lowest BCUT2D eigenvalue weighted by atomic mass is 9.95. The summed E-state index contributed by atoms with van der Waals surface area (Å²) >= 11 is 0. The standard InChI is InChI=1S/C16H25NO3/c1-12(2)17-16(4,15(18)19)10-7-11-20-14-9-6-5-8-13(14)3/h5-6,8-9,12,17H,7,10-11H2,1-4H3,(H,18,19). The summed E-state index contributed by atoms with van der Waals surface area (Å²) in [6.07, 6.45) is 1.23. The minimum atomic E-state index is -0.900. The SMILES string of the molecule is Cc1ccccc1OCCCC(C)(NC(C)C)C(=O)O. The monoisotopic (exact) mass is 279 g/mol. The number of carbonyl (C=O) groups is 1. The van der Waals surface area contributed by atoms with E-state index in [1.807, 2.05) is 45.0 Å². The van der Waals surface area contributed by atoms with E-state index in [-0.39, 0.29) is 6.04 Å². The molecule has 1 rings (SSSR count). The van der Waals surface area contributed by atoms with Gasteiger partial charge < -0.3 is 9.84 Å². The van der Waals surface area contributed by atoms with Crippen LogP contribution in [0.1, 0.15) is 39.2 Å². The molecular weight excluding hydrogens is 254 g/mol. The number of ether oxygens (including phenoxy) is 1. The third kappa shape index (κ3) is 4.85. The predicted molar refractivity (Wildman–Crippen MR) is 80.2 cm³/mol. The topological polar surface area (TPSA) is 58.6 Å². The van der Waals surface area contributed by atoms with Crippen molar-refractivity contribution in [1.82, 2.24) is 5.32 Å². The van der Waals surface area contributed by atoms with Crippen molar-refractivity contribution in [2.24, 2.45) is 0 Å². The van der Waals surface area contributed by atoms with Gasteiger partial charge in [0.05, 0.1) is 6.61 Å². The van der Waals surface area contributed by atoms with Crippen molar-refractivity contribution >= 4 is 5.97 Å². The van der Waals surface area contributed by atoms with Crippen molar-refractivity contribution < 1.29 is 14.6 Å². The van der Waals surface area contributed by atoms with Crippen LogP contribution in [0.4, 0.5) is 0 Å². The number of benzene rings is 1. The molecule has 1 unspecified atom stereocenters. The van der Waals surface area contributed by atoms with Gasteiger partial charge in [-0.05, 0) is 52.2 Å². The molecule has 4 heteroatoms. The number of hydrogen-bond donors (Lipinski definition) is 2. The summed E-state index contributed by atoms with van der Waals surface area (Å²) in [4.78, 5) is 11.4. The van der Waals surface area contributed by atoms with Crippen molar-refractivity contribution in [3.8, 4) is 5.75 Å². The number of rotatable bonds is 8. The minimum absolute atomic E-state index is 0.133. The molecular formula is C16H25NO3. The Morgan fingerprint density at radius 2 is 2.05 bits per heavy atom. The molecule has 2 N–H and O–H groups in total. The Morgan fingerprint density at radius 1 is 1.40 bits per heavy atom. The Morgan fingerprint density at radius 3 is 2.60 bits per heavy atom. The summed E-state index contributed by atoms with van der Waals surface area (Å²) in [5.41, 5.74) is 0.192. The van der Waals surface area contributed by atoms with Gasteiger partial charge >= 0.3 is 5.97 Å². The van der Waals surface area contributed by atoms with Crippen LogP contribution in [0.25, 0.3) is 0 Å². The van der Waals surface area contributed by atoms with Gasteiger partial charge in [-0.3, -0.25) is 10.1 Å². The maximum absolute atomic E-state index is 11.4. The molecule has 0 spiro atoms. The number of aryl methyl sites for hydroxylation is 1. The van der Waals surface area contributed by atoms with Crippen molar-refractivity contribution in [2.75, 3.05) is 6.61 Å². The summed E-state index contributed by atoms with van der Waals surface area (Å²) in [7, 11) is 0. The molecule has 0 aliphatic carbocycles. The van der Waals surface area contributed by atoms with Crippen molar-refractivity contribution in [1.29, 1.82) is 0 Å². The molecule has 0 saturated heterocycles. The maximum atomic E-state index is 11.4. The van der Waals surface area contributed by atoms with Gasteiger partial charge in [0, 0.05) is 6.04 Å². The first-order valence-corrected chi connectivity index (χ1v) is 7.04. The van der Waals surface area contributed by atoms with Crippen molar-refractivity contribution in [3.05, 3.63) is 29.8 Å². The minimum Gasteiger partial charge on any atom is -0.493 e. The predicted octanol–water partition coefficient (Wildman–Crippen LogP) is 3.00. The largest absolute Gasteiger partial charge is 0.493 e. The molecule has 1 atom stereocenters. The summed E-state index contributed by atoms with van der Waals surface area (Å²) in [5.74, 6) is 0.0449. The van der Waals surface area contributed by atoms with Crippen molar-refractivity contribution in [3.63, 3.8) is 0 Å². The van der Waals surface area contributed by atoms with E-state index in [9.17, 15) is 9.90 Å². The summed E-state index contributed by atoms with van der Waals surface area (Å²) in [6, 6.07) is 7.96. The van der Waals surface area contributed by atoms with Crippen LogP contribution < -0.4 is 10.1 Å². The smallest absolute Gasteiger partial charge is 0.323 e. The third-order valence-corrected chi connectivity index (χ3v) is 3.25. The zero-order valence-corrected chi connectivity index (χ0v) is 12.8. The van der Waals surface area contributed by atoms with E-state index in [0.717, 1.165) is 11.3 Å². The fourth-order valence-electron chi connectivity index (χ4n) is 2.20. The molecule has 0 fully saturated rings. The first kappa shape index (κ1) is 16.5. The maximum Gasteiger partial charge on any atom is 0.323 e. The molecule has 0 aliphatic heterocycles. The highest BCUT2D eigenvalue weighted by Gasteiger charge is 2.32. The number of aliphatic carboxylic acids is 1. The van der Waals surface area contributed by atoms with Crippen LogP contribution in [-0.4, -0.2) is 29.3 Å². The first-order chi connectivity index (χ1) is 9.35. The summed E-state index contributed by atoms with van der Waals surface area (Å²) in [5, 5.41) is 12.4. The molecule has 4 nitrogen and oxygen atoms in total. The zero-order valence-electron chi connectivity index (χ0n) is 12.8. The van der Waals surface area contributed by atoms with E-state index in [1.54, 1.807) is 6.92 Å². The summed E-state index contributed by atoms with van der Waals surface area (Å²) < 4.78 is 5.70. The van der Waals surface area contributed by atoms with Crippen LogP contribution >= 0.6 is 0 Å². The molecule has 0 aromatic heterocycles. The number of para-hydroxylation sites is 1. The molecule has 0 aliphatic rings. The van der Waals surface area contributed by atoms with E-state index in [0.29, 0.717) is 19.4 Å². The fourth-order valence-corrected chi connectivity index (χ4v) is 2.20. The molecule has 0 saturated carbocycles. The van der Waals surface area contributed by atoms with Gasteiger partial charge in [0.25, 0.3) is 0 Å². The Labute approximate surface area is 121 Å². The number of hydrogen-bond acceptors (Lipinski definition) is 3. The van der Waals surface area contributed by atoms with Crippen LogP contribution in [0, 0.1) is 6.92 Å². The zero-order chi connectivity index (χ0) is 15.2. The van der Waals surface area contributed by atoms with Gasteiger partial charge in [-0.2, -0.15) is 0 Å². The highest BCUT2D eigenvalue weighted by Crippen LogP contribution is 2.18. The highest BCUT2D eigenvalue weighted by atomic mass is 16.5. The molecule has 1 aromatic rings. The number of carboxylic acid groups (broad SMARTS) is 1. The summed E-state index contributed by atoms with van der Waals surface area (Å²) in [6.45, 7) is 8.14. The van der Waals surface area contributed by atoms with Crippen LogP contribution in [0.2, 0.25) is 0 Å². The van der Waals surface area contributed by atoms with E-state index in [1.165, 1.54) is 0 Å². The number of nitrogens with one attached hydrogen (secondary N) is 1. The average Bonchev–Trinajstić information content (AvgIpc) is 2.35. The molecule has 0 amide bonds. The van der Waals surface area contributed by atoms with E-state index in [4.69, 9.17) is 4.74 Å². The Balaban J connectivity index is 2.46.